The number of hydrogen-bond acceptors (Lipinski definition) is 5. The van der Waals surface area contributed by atoms with Gasteiger partial charge in [0.1, 0.15) is 18.2 Å². The zero-order chi connectivity index (χ0) is 15.9. The van der Waals surface area contributed by atoms with Gasteiger partial charge in [0.2, 0.25) is 0 Å². The quantitative estimate of drug-likeness (QED) is 0.793. The molecule has 22 heavy (non-hydrogen) atoms. The number of carbonyl (C=O) groups excluding carboxylic acids is 1. The molecule has 0 atom stereocenters. The summed E-state index contributed by atoms with van der Waals surface area (Å²) in [6, 6.07) is 6.22. The molecule has 1 aromatic carbocycles. The third-order valence-electron chi connectivity index (χ3n) is 2.68. The number of ether oxygens (including phenoxy) is 1. The van der Waals surface area contributed by atoms with Gasteiger partial charge in [0.25, 0.3) is 5.91 Å². The molecule has 0 spiro atoms. The van der Waals surface area contributed by atoms with Gasteiger partial charge in [-0.1, -0.05) is 0 Å². The van der Waals surface area contributed by atoms with Crippen LogP contribution in [-0.4, -0.2) is 36.3 Å². The summed E-state index contributed by atoms with van der Waals surface area (Å²) in [5.74, 6) is -1.31. The van der Waals surface area contributed by atoms with Gasteiger partial charge in [0.05, 0.1) is 6.54 Å². The molecule has 1 aromatic heterocycles. The van der Waals surface area contributed by atoms with E-state index < -0.39 is 11.6 Å². The molecule has 1 heterocycles. The second-order valence-electron chi connectivity index (χ2n) is 4.23. The highest BCUT2D eigenvalue weighted by Crippen LogP contribution is 2.17. The van der Waals surface area contributed by atoms with Gasteiger partial charge in [-0.3, -0.25) is 4.79 Å². The van der Waals surface area contributed by atoms with E-state index in [1.54, 1.807) is 6.07 Å². The van der Waals surface area contributed by atoms with Crippen LogP contribution in [0.5, 0.6) is 5.75 Å². The smallest absolute Gasteiger partial charge is 0.271 e. The van der Waals surface area contributed by atoms with Crippen LogP contribution < -0.4 is 15.4 Å². The van der Waals surface area contributed by atoms with Crippen LogP contribution in [0.25, 0.3) is 0 Å². The average molecular weight is 308 g/mol. The standard InChI is InChI=1S/C14H14F2N4O2/c1-17-14(21)11-3-5-13(20-19-11)18-6-7-22-12-4-2-9(15)8-10(12)16/h2-5,8H,6-7H2,1H3,(H,17,21)(H,18,20). The van der Waals surface area contributed by atoms with Crippen molar-refractivity contribution < 1.29 is 18.3 Å². The maximum Gasteiger partial charge on any atom is 0.271 e. The van der Waals surface area contributed by atoms with Gasteiger partial charge in [-0.2, -0.15) is 0 Å². The molecule has 0 aliphatic rings. The third-order valence-corrected chi connectivity index (χ3v) is 2.68. The fourth-order valence-electron chi connectivity index (χ4n) is 1.61. The summed E-state index contributed by atoms with van der Waals surface area (Å²) in [4.78, 5) is 11.3. The van der Waals surface area contributed by atoms with Crippen LogP contribution >= 0.6 is 0 Å². The number of amides is 1. The summed E-state index contributed by atoms with van der Waals surface area (Å²) in [7, 11) is 1.50. The van der Waals surface area contributed by atoms with Gasteiger partial charge in [-0.05, 0) is 24.3 Å². The van der Waals surface area contributed by atoms with Crippen molar-refractivity contribution in [3.63, 3.8) is 0 Å². The predicted octanol–water partition coefficient (Wildman–Crippen LogP) is 1.61. The fourth-order valence-corrected chi connectivity index (χ4v) is 1.61. The van der Waals surface area contributed by atoms with Crippen molar-refractivity contribution in [1.29, 1.82) is 0 Å². The van der Waals surface area contributed by atoms with Crippen molar-refractivity contribution in [2.45, 2.75) is 0 Å². The Morgan fingerprint density at radius 2 is 2.05 bits per heavy atom. The molecule has 0 unspecified atom stereocenters. The van der Waals surface area contributed by atoms with Gasteiger partial charge in [0, 0.05) is 13.1 Å². The maximum absolute atomic E-state index is 13.3. The number of halogens is 2. The Balaban J connectivity index is 1.80. The van der Waals surface area contributed by atoms with E-state index in [0.29, 0.717) is 12.4 Å². The van der Waals surface area contributed by atoms with E-state index in [-0.39, 0.29) is 24.0 Å². The molecular formula is C14H14F2N4O2. The number of rotatable bonds is 6. The molecule has 2 rings (SSSR count). The van der Waals surface area contributed by atoms with Crippen LogP contribution in [0.2, 0.25) is 0 Å². The highest BCUT2D eigenvalue weighted by molar-refractivity contribution is 5.91. The minimum atomic E-state index is -0.755. The van der Waals surface area contributed by atoms with Crippen molar-refractivity contribution >= 4 is 11.7 Å². The van der Waals surface area contributed by atoms with Crippen LogP contribution in [0.4, 0.5) is 14.6 Å². The first-order chi connectivity index (χ1) is 10.6. The van der Waals surface area contributed by atoms with Crippen molar-refractivity contribution in [1.82, 2.24) is 15.5 Å². The van der Waals surface area contributed by atoms with Crippen LogP contribution in [0, 0.1) is 11.6 Å². The van der Waals surface area contributed by atoms with Crippen LogP contribution in [0.3, 0.4) is 0 Å². The highest BCUT2D eigenvalue weighted by Gasteiger charge is 2.06. The molecule has 116 valence electrons. The van der Waals surface area contributed by atoms with Crippen LogP contribution in [0.1, 0.15) is 10.5 Å². The summed E-state index contributed by atoms with van der Waals surface area (Å²) in [5, 5.41) is 12.9. The maximum atomic E-state index is 13.3. The van der Waals surface area contributed by atoms with E-state index in [1.807, 2.05) is 0 Å². The second kappa shape index (κ2) is 7.30. The molecule has 8 heteroatoms. The van der Waals surface area contributed by atoms with Crippen molar-refractivity contribution in [3.8, 4) is 5.75 Å². The third kappa shape index (κ3) is 4.11. The zero-order valence-corrected chi connectivity index (χ0v) is 11.8. The summed E-state index contributed by atoms with van der Waals surface area (Å²) in [6.07, 6.45) is 0. The SMILES string of the molecule is CNC(=O)c1ccc(NCCOc2ccc(F)cc2F)nn1. The monoisotopic (exact) mass is 308 g/mol. The van der Waals surface area contributed by atoms with E-state index in [9.17, 15) is 13.6 Å². The lowest BCUT2D eigenvalue weighted by molar-refractivity contribution is 0.0957. The summed E-state index contributed by atoms with van der Waals surface area (Å²) in [6.45, 7) is 0.492. The molecular weight excluding hydrogens is 294 g/mol. The molecule has 0 saturated heterocycles. The molecule has 0 bridgehead atoms. The minimum Gasteiger partial charge on any atom is -0.489 e. The topological polar surface area (TPSA) is 76.1 Å². The van der Waals surface area contributed by atoms with Gasteiger partial charge in [-0.15, -0.1) is 10.2 Å². The zero-order valence-electron chi connectivity index (χ0n) is 11.8. The van der Waals surface area contributed by atoms with Gasteiger partial charge in [-0.25, -0.2) is 8.78 Å². The molecule has 0 aliphatic carbocycles. The lowest BCUT2D eigenvalue weighted by atomic mass is 10.3. The van der Waals surface area contributed by atoms with E-state index in [2.05, 4.69) is 20.8 Å². The molecule has 1 amide bonds. The molecule has 2 N–H and O–H groups in total. The molecule has 0 radical (unpaired) electrons. The second-order valence-corrected chi connectivity index (χ2v) is 4.23. The Morgan fingerprint density at radius 3 is 2.68 bits per heavy atom. The van der Waals surface area contributed by atoms with Crippen molar-refractivity contribution in [2.75, 3.05) is 25.5 Å². The first-order valence-corrected chi connectivity index (χ1v) is 6.47. The van der Waals surface area contributed by atoms with Gasteiger partial charge in [0.15, 0.2) is 17.3 Å². The molecule has 0 saturated carbocycles. The fraction of sp³-hybridized carbons (Fsp3) is 0.214. The Hall–Kier alpha value is -2.77. The lowest BCUT2D eigenvalue weighted by Gasteiger charge is -2.08. The van der Waals surface area contributed by atoms with Crippen LogP contribution in [0.15, 0.2) is 30.3 Å². The number of carbonyl (C=O) groups is 1. The van der Waals surface area contributed by atoms with E-state index in [1.165, 1.54) is 19.2 Å². The number of nitrogens with zero attached hydrogens (tertiary/aromatic N) is 2. The first kappa shape index (κ1) is 15.6. The van der Waals surface area contributed by atoms with E-state index in [4.69, 9.17) is 4.74 Å². The average Bonchev–Trinajstić information content (AvgIpc) is 2.53. The van der Waals surface area contributed by atoms with E-state index in [0.717, 1.165) is 12.1 Å². The summed E-state index contributed by atoms with van der Waals surface area (Å²) in [5.41, 5.74) is 0.206. The summed E-state index contributed by atoms with van der Waals surface area (Å²) < 4.78 is 31.2. The van der Waals surface area contributed by atoms with Crippen LogP contribution in [-0.2, 0) is 0 Å². The predicted molar refractivity (Wildman–Crippen MR) is 75.8 cm³/mol. The number of hydrogen-bond donors (Lipinski definition) is 2. The Labute approximate surface area is 125 Å². The molecule has 0 aliphatic heterocycles. The Morgan fingerprint density at radius 1 is 1.23 bits per heavy atom. The number of aromatic nitrogens is 2. The largest absolute Gasteiger partial charge is 0.489 e. The molecule has 6 nitrogen and oxygen atoms in total. The van der Waals surface area contributed by atoms with Crippen molar-refractivity contribution in [3.05, 3.63) is 47.7 Å². The van der Waals surface area contributed by atoms with Crippen molar-refractivity contribution in [2.24, 2.45) is 0 Å². The molecule has 0 fully saturated rings. The van der Waals surface area contributed by atoms with E-state index >= 15 is 0 Å². The Kier molecular flexibility index (Phi) is 5.18. The highest BCUT2D eigenvalue weighted by atomic mass is 19.1. The number of nitrogens with one attached hydrogen (secondary N) is 2. The minimum absolute atomic E-state index is 0.0238. The normalized spacial score (nSPS) is 10.1. The number of benzene rings is 1. The summed E-state index contributed by atoms with van der Waals surface area (Å²) >= 11 is 0. The molecule has 2 aromatic rings. The van der Waals surface area contributed by atoms with Gasteiger partial charge < -0.3 is 15.4 Å². The number of anilines is 1. The lowest BCUT2D eigenvalue weighted by Crippen LogP contribution is -2.20. The van der Waals surface area contributed by atoms with Gasteiger partial charge >= 0.3 is 0 Å². The first-order valence-electron chi connectivity index (χ1n) is 6.47. The Bertz CT molecular complexity index is 650.